The summed E-state index contributed by atoms with van der Waals surface area (Å²) in [6, 6.07) is 5.35. The van der Waals surface area contributed by atoms with Crippen molar-refractivity contribution in [1.29, 1.82) is 0 Å². The number of rotatable bonds is 9. The zero-order valence-corrected chi connectivity index (χ0v) is 18.1. The number of aliphatic carboxylic acids is 1. The predicted octanol–water partition coefficient (Wildman–Crippen LogP) is 3.84. The lowest BCUT2D eigenvalue weighted by atomic mass is 9.83. The molecule has 2 unspecified atom stereocenters. The molecule has 9 nitrogen and oxygen atoms in total. The second kappa shape index (κ2) is 10.4. The van der Waals surface area contributed by atoms with Gasteiger partial charge in [-0.25, -0.2) is 4.98 Å². The smallest absolute Gasteiger partial charge is 0.307 e. The number of nitrogens with one attached hydrogen (secondary N) is 4. The van der Waals surface area contributed by atoms with Gasteiger partial charge in [0.05, 0.1) is 18.2 Å². The van der Waals surface area contributed by atoms with E-state index in [-0.39, 0.29) is 18.4 Å². The Morgan fingerprint density at radius 1 is 1.22 bits per heavy atom. The first-order valence-corrected chi connectivity index (χ1v) is 11.4. The van der Waals surface area contributed by atoms with Crippen LogP contribution in [0.1, 0.15) is 51.4 Å². The lowest BCUT2D eigenvalue weighted by Gasteiger charge is -2.37. The zero-order valence-electron chi connectivity index (χ0n) is 18.1. The van der Waals surface area contributed by atoms with Crippen LogP contribution in [0.2, 0.25) is 0 Å². The summed E-state index contributed by atoms with van der Waals surface area (Å²) in [5.41, 5.74) is 1.47. The van der Waals surface area contributed by atoms with Gasteiger partial charge in [0, 0.05) is 31.0 Å². The Morgan fingerprint density at radius 3 is 2.81 bits per heavy atom. The normalized spacial score (nSPS) is 20.5. The number of nitrogens with zero attached hydrogens (tertiary/aromatic N) is 1. The molecule has 0 bridgehead atoms. The van der Waals surface area contributed by atoms with E-state index in [1.165, 1.54) is 32.1 Å². The minimum Gasteiger partial charge on any atom is -0.486 e. The predicted molar refractivity (Wildman–Crippen MR) is 122 cm³/mol. The fraction of sp³-hybridized carbons (Fsp3) is 0.522. The Kier molecular flexibility index (Phi) is 7.14. The lowest BCUT2D eigenvalue weighted by Crippen LogP contribution is -2.44. The van der Waals surface area contributed by atoms with Crippen molar-refractivity contribution in [2.45, 2.75) is 63.5 Å². The third kappa shape index (κ3) is 5.93. The van der Waals surface area contributed by atoms with E-state index < -0.39 is 12.1 Å². The average molecular weight is 442 g/mol. The number of aromatic amines is 1. The third-order valence-corrected chi connectivity index (χ3v) is 6.16. The Bertz CT molecular complexity index is 911. The van der Waals surface area contributed by atoms with Crippen molar-refractivity contribution in [2.24, 2.45) is 5.92 Å². The molecule has 0 saturated heterocycles. The molecule has 1 saturated carbocycles. The van der Waals surface area contributed by atoms with E-state index in [0.29, 0.717) is 36.3 Å². The van der Waals surface area contributed by atoms with Crippen LogP contribution in [0.4, 0.5) is 17.3 Å². The monoisotopic (exact) mass is 441 g/mol. The van der Waals surface area contributed by atoms with Crippen molar-refractivity contribution < 1.29 is 19.4 Å². The summed E-state index contributed by atoms with van der Waals surface area (Å²) in [4.78, 5) is 30.7. The van der Waals surface area contributed by atoms with Crippen LogP contribution in [0.25, 0.3) is 0 Å². The number of carboxylic acid groups (broad SMARTS) is 1. The number of ether oxygens (including phenoxy) is 1. The number of H-pyrrole nitrogens is 1. The Labute approximate surface area is 187 Å². The maximum Gasteiger partial charge on any atom is 0.307 e. The molecular formula is C23H31N5O4. The van der Waals surface area contributed by atoms with E-state index >= 15 is 0 Å². The summed E-state index contributed by atoms with van der Waals surface area (Å²) in [6.45, 7) is 0.464. The number of imidazole rings is 1. The molecule has 2 aliphatic rings. The number of benzene rings is 1. The highest BCUT2D eigenvalue weighted by Crippen LogP contribution is 2.38. The topological polar surface area (TPSA) is 128 Å². The molecule has 1 aromatic carbocycles. The first kappa shape index (κ1) is 22.0. The highest BCUT2D eigenvalue weighted by atomic mass is 16.5. The van der Waals surface area contributed by atoms with Gasteiger partial charge in [-0.15, -0.1) is 0 Å². The van der Waals surface area contributed by atoms with Gasteiger partial charge in [-0.2, -0.15) is 0 Å². The summed E-state index contributed by atoms with van der Waals surface area (Å²) in [7, 11) is 0. The average Bonchev–Trinajstić information content (AvgIpc) is 3.28. The molecule has 4 rings (SSSR count). The first-order chi connectivity index (χ1) is 15.6. The largest absolute Gasteiger partial charge is 0.486 e. The molecular weight excluding hydrogens is 410 g/mol. The van der Waals surface area contributed by atoms with Crippen LogP contribution in [0.5, 0.6) is 5.75 Å². The molecule has 9 heteroatoms. The third-order valence-electron chi connectivity index (χ3n) is 6.16. The summed E-state index contributed by atoms with van der Waals surface area (Å²) >= 11 is 0. The molecule has 1 amide bonds. The molecule has 0 radical (unpaired) electrons. The van der Waals surface area contributed by atoms with Crippen molar-refractivity contribution in [1.82, 2.24) is 9.97 Å². The lowest BCUT2D eigenvalue weighted by molar-refractivity contribution is -0.139. The minimum atomic E-state index is -0.860. The zero-order chi connectivity index (χ0) is 22.3. The molecule has 1 aliphatic carbocycles. The summed E-state index contributed by atoms with van der Waals surface area (Å²) in [6.07, 6.45) is 10.2. The van der Waals surface area contributed by atoms with Gasteiger partial charge in [0.2, 0.25) is 5.91 Å². The summed E-state index contributed by atoms with van der Waals surface area (Å²) in [5, 5.41) is 18.8. The summed E-state index contributed by atoms with van der Waals surface area (Å²) < 4.78 is 6.09. The second-order valence-electron chi connectivity index (χ2n) is 8.62. The molecule has 2 aromatic rings. The van der Waals surface area contributed by atoms with Gasteiger partial charge in [0.15, 0.2) is 5.95 Å². The van der Waals surface area contributed by atoms with Crippen molar-refractivity contribution in [3.8, 4) is 5.75 Å². The first-order valence-electron chi connectivity index (χ1n) is 11.4. The van der Waals surface area contributed by atoms with E-state index in [1.807, 2.05) is 6.07 Å². The minimum absolute atomic E-state index is 0.0367. The Balaban J connectivity index is 1.37. The number of fused-ring (bicyclic) bond motifs is 1. The number of hydrogen-bond acceptors (Lipinski definition) is 6. The maximum atomic E-state index is 12.3. The SMILES string of the molecule is O=C(O)CC1Oc2ccc(NC(=O)CCNc3ncc[nH]3)cc2NC1CC1CCCCC1. The van der Waals surface area contributed by atoms with Crippen LogP contribution in [0.3, 0.4) is 0 Å². The van der Waals surface area contributed by atoms with Crippen molar-refractivity contribution >= 4 is 29.2 Å². The van der Waals surface area contributed by atoms with Gasteiger partial charge in [0.1, 0.15) is 11.9 Å². The van der Waals surface area contributed by atoms with Gasteiger partial charge in [-0.05, 0) is 30.5 Å². The van der Waals surface area contributed by atoms with Crippen LogP contribution >= 0.6 is 0 Å². The molecule has 32 heavy (non-hydrogen) atoms. The Morgan fingerprint density at radius 2 is 2.06 bits per heavy atom. The fourth-order valence-corrected chi connectivity index (χ4v) is 4.59. The van der Waals surface area contributed by atoms with Gasteiger partial charge in [-0.1, -0.05) is 32.1 Å². The van der Waals surface area contributed by atoms with Crippen LogP contribution in [-0.2, 0) is 9.59 Å². The molecule has 2 heterocycles. The van der Waals surface area contributed by atoms with Crippen LogP contribution < -0.4 is 20.7 Å². The molecule has 2 atom stereocenters. The summed E-state index contributed by atoms with van der Waals surface area (Å²) in [5.74, 6) is 0.873. The molecule has 1 fully saturated rings. The molecule has 1 aliphatic heterocycles. The fourth-order valence-electron chi connectivity index (χ4n) is 4.59. The van der Waals surface area contributed by atoms with E-state index in [9.17, 15) is 14.7 Å². The number of hydrogen-bond donors (Lipinski definition) is 5. The van der Waals surface area contributed by atoms with Gasteiger partial charge >= 0.3 is 5.97 Å². The number of carbonyl (C=O) groups excluding carboxylic acids is 1. The number of aromatic nitrogens is 2. The highest BCUT2D eigenvalue weighted by molar-refractivity contribution is 5.92. The Hall–Kier alpha value is -3.23. The van der Waals surface area contributed by atoms with Crippen molar-refractivity contribution in [3.63, 3.8) is 0 Å². The number of amides is 1. The van der Waals surface area contributed by atoms with Crippen molar-refractivity contribution in [3.05, 3.63) is 30.6 Å². The van der Waals surface area contributed by atoms with Crippen LogP contribution in [0.15, 0.2) is 30.6 Å². The highest BCUT2D eigenvalue weighted by Gasteiger charge is 2.33. The van der Waals surface area contributed by atoms with Gasteiger partial charge in [0.25, 0.3) is 0 Å². The molecule has 1 aromatic heterocycles. The standard InChI is InChI=1S/C23H31N5O4/c29-21(8-9-24-23-25-10-11-26-23)27-16-6-7-19-18(13-16)28-17(20(32-19)14-22(30)31)12-15-4-2-1-3-5-15/h6-7,10-11,13,15,17,20,28H,1-5,8-9,12,14H2,(H,27,29)(H,30,31)(H2,24,25,26). The van der Waals surface area contributed by atoms with E-state index in [2.05, 4.69) is 25.9 Å². The van der Waals surface area contributed by atoms with E-state index in [0.717, 1.165) is 12.1 Å². The van der Waals surface area contributed by atoms with Gasteiger partial charge < -0.3 is 30.8 Å². The molecule has 172 valence electrons. The van der Waals surface area contributed by atoms with E-state index in [4.69, 9.17) is 4.74 Å². The van der Waals surface area contributed by atoms with Crippen molar-refractivity contribution in [2.75, 3.05) is 22.5 Å². The van der Waals surface area contributed by atoms with Crippen LogP contribution in [-0.4, -0.2) is 45.6 Å². The number of anilines is 3. The molecule has 5 N–H and O–H groups in total. The number of carbonyl (C=O) groups is 2. The number of carboxylic acids is 1. The second-order valence-corrected chi connectivity index (χ2v) is 8.62. The maximum absolute atomic E-state index is 12.3. The van der Waals surface area contributed by atoms with E-state index in [1.54, 1.807) is 24.5 Å². The van der Waals surface area contributed by atoms with Crippen LogP contribution in [0, 0.1) is 5.92 Å². The quantitative estimate of drug-likeness (QED) is 0.400. The molecule has 0 spiro atoms. The van der Waals surface area contributed by atoms with Gasteiger partial charge in [-0.3, -0.25) is 9.59 Å².